The first-order chi connectivity index (χ1) is 9.42. The second kappa shape index (κ2) is 7.85. The lowest BCUT2D eigenvalue weighted by Crippen LogP contribution is -2.31. The molecule has 5 nitrogen and oxygen atoms in total. The Morgan fingerprint density at radius 3 is 2.65 bits per heavy atom. The number of hydrogen-bond acceptors (Lipinski definition) is 3. The van der Waals surface area contributed by atoms with Gasteiger partial charge in [0.05, 0.1) is 0 Å². The first kappa shape index (κ1) is 16.4. The number of aromatic nitrogens is 1. The highest BCUT2D eigenvalue weighted by atomic mass is 16.3. The lowest BCUT2D eigenvalue weighted by Gasteiger charge is -2.18. The molecule has 1 aromatic heterocycles. The minimum Gasteiger partial charge on any atom is -0.396 e. The number of aromatic amines is 1. The molecule has 0 saturated carbocycles. The third-order valence-electron chi connectivity index (χ3n) is 3.13. The Bertz CT molecular complexity index is 494. The number of amides is 1. The van der Waals surface area contributed by atoms with Gasteiger partial charge >= 0.3 is 0 Å². The topological polar surface area (TPSA) is 82.2 Å². The Morgan fingerprint density at radius 1 is 1.40 bits per heavy atom. The molecule has 0 fully saturated rings. The van der Waals surface area contributed by atoms with E-state index in [1.165, 1.54) is 6.07 Å². The fourth-order valence-corrected chi connectivity index (χ4v) is 2.31. The summed E-state index contributed by atoms with van der Waals surface area (Å²) in [5, 5.41) is 11.9. The highest BCUT2D eigenvalue weighted by molar-refractivity contribution is 5.94. The van der Waals surface area contributed by atoms with E-state index < -0.39 is 0 Å². The van der Waals surface area contributed by atoms with E-state index in [2.05, 4.69) is 24.1 Å². The van der Waals surface area contributed by atoms with Crippen LogP contribution in [0.2, 0.25) is 0 Å². The van der Waals surface area contributed by atoms with Crippen LogP contribution in [0.3, 0.4) is 0 Å². The summed E-state index contributed by atoms with van der Waals surface area (Å²) in [5.41, 5.74) is 0.763. The number of pyridine rings is 1. The lowest BCUT2D eigenvalue weighted by atomic mass is 9.94. The van der Waals surface area contributed by atoms with Crippen LogP contribution in [0, 0.1) is 18.8 Å². The van der Waals surface area contributed by atoms with E-state index in [4.69, 9.17) is 5.11 Å². The van der Waals surface area contributed by atoms with Crippen LogP contribution in [-0.4, -0.2) is 29.1 Å². The predicted octanol–water partition coefficient (Wildman–Crippen LogP) is 1.46. The zero-order chi connectivity index (χ0) is 15.1. The molecule has 0 saturated heterocycles. The van der Waals surface area contributed by atoms with E-state index in [1.807, 2.05) is 0 Å². The van der Waals surface area contributed by atoms with Crippen LogP contribution in [0.15, 0.2) is 16.9 Å². The molecule has 3 N–H and O–H groups in total. The molecule has 1 rings (SSSR count). The van der Waals surface area contributed by atoms with Crippen LogP contribution >= 0.6 is 0 Å². The van der Waals surface area contributed by atoms with E-state index in [-0.39, 0.29) is 24.0 Å². The Balaban J connectivity index is 2.62. The van der Waals surface area contributed by atoms with Gasteiger partial charge in [-0.15, -0.1) is 0 Å². The first-order valence-electron chi connectivity index (χ1n) is 7.02. The number of nitrogens with one attached hydrogen (secondary N) is 2. The molecule has 0 aliphatic rings. The van der Waals surface area contributed by atoms with Gasteiger partial charge in [0.15, 0.2) is 0 Å². The Morgan fingerprint density at radius 2 is 2.10 bits per heavy atom. The number of aliphatic hydroxyl groups excluding tert-OH is 1. The van der Waals surface area contributed by atoms with Crippen molar-refractivity contribution in [2.75, 3.05) is 13.2 Å². The molecule has 0 radical (unpaired) electrons. The number of hydrogen-bond donors (Lipinski definition) is 3. The smallest absolute Gasteiger partial charge is 0.251 e. The van der Waals surface area contributed by atoms with E-state index in [9.17, 15) is 9.59 Å². The van der Waals surface area contributed by atoms with Crippen molar-refractivity contribution in [3.05, 3.63) is 33.7 Å². The van der Waals surface area contributed by atoms with Gasteiger partial charge in [-0.3, -0.25) is 9.59 Å². The fraction of sp³-hybridized carbons (Fsp3) is 0.600. The largest absolute Gasteiger partial charge is 0.396 e. The summed E-state index contributed by atoms with van der Waals surface area (Å²) >= 11 is 0. The zero-order valence-electron chi connectivity index (χ0n) is 12.4. The summed E-state index contributed by atoms with van der Waals surface area (Å²) in [6, 6.07) is 2.95. The van der Waals surface area contributed by atoms with Gasteiger partial charge in [0.1, 0.15) is 0 Å². The van der Waals surface area contributed by atoms with Gasteiger partial charge in [-0.05, 0) is 37.7 Å². The number of carbonyl (C=O) groups is 1. The van der Waals surface area contributed by atoms with Crippen LogP contribution in [0.25, 0.3) is 0 Å². The van der Waals surface area contributed by atoms with E-state index in [1.54, 1.807) is 13.0 Å². The molecule has 1 amide bonds. The van der Waals surface area contributed by atoms with E-state index >= 15 is 0 Å². The van der Waals surface area contributed by atoms with Gasteiger partial charge < -0.3 is 15.4 Å². The van der Waals surface area contributed by atoms with Crippen molar-refractivity contribution in [2.24, 2.45) is 11.8 Å². The maximum atomic E-state index is 12.0. The van der Waals surface area contributed by atoms with Crippen LogP contribution < -0.4 is 10.9 Å². The van der Waals surface area contributed by atoms with Crippen LogP contribution in [0.4, 0.5) is 0 Å². The normalized spacial score (nSPS) is 12.4. The van der Waals surface area contributed by atoms with Gasteiger partial charge in [0, 0.05) is 30.5 Å². The second-order valence-electron chi connectivity index (χ2n) is 5.63. The molecular weight excluding hydrogens is 256 g/mol. The molecule has 0 aromatic carbocycles. The molecule has 1 aromatic rings. The van der Waals surface area contributed by atoms with Gasteiger partial charge in [-0.2, -0.15) is 0 Å². The fourth-order valence-electron chi connectivity index (χ4n) is 2.31. The number of aliphatic hydroxyl groups is 1. The molecular formula is C15H24N2O3. The van der Waals surface area contributed by atoms with Crippen LogP contribution in [0.1, 0.15) is 42.7 Å². The maximum Gasteiger partial charge on any atom is 0.251 e. The summed E-state index contributed by atoms with van der Waals surface area (Å²) in [4.78, 5) is 26.0. The molecule has 0 spiro atoms. The minimum absolute atomic E-state index is 0.122. The third kappa shape index (κ3) is 5.57. The molecule has 0 aliphatic heterocycles. The van der Waals surface area contributed by atoms with Crippen molar-refractivity contribution in [1.82, 2.24) is 10.3 Å². The molecule has 0 bridgehead atoms. The molecule has 112 valence electrons. The monoisotopic (exact) mass is 280 g/mol. The summed E-state index contributed by atoms with van der Waals surface area (Å²) in [7, 11) is 0. The molecule has 0 aliphatic carbocycles. The Kier molecular flexibility index (Phi) is 6.45. The van der Waals surface area contributed by atoms with E-state index in [0.717, 1.165) is 6.42 Å². The predicted molar refractivity (Wildman–Crippen MR) is 78.8 cm³/mol. The Hall–Kier alpha value is -1.62. The number of carbonyl (C=O) groups excluding carboxylic acids is 1. The van der Waals surface area contributed by atoms with Crippen molar-refractivity contribution in [3.63, 3.8) is 0 Å². The molecule has 20 heavy (non-hydrogen) atoms. The molecule has 1 atom stereocenters. The molecule has 1 unspecified atom stereocenters. The van der Waals surface area contributed by atoms with Gasteiger partial charge in [0.25, 0.3) is 5.91 Å². The van der Waals surface area contributed by atoms with Crippen molar-refractivity contribution in [2.45, 2.75) is 33.6 Å². The average Bonchev–Trinajstić information content (AvgIpc) is 2.34. The highest BCUT2D eigenvalue weighted by Crippen LogP contribution is 2.14. The summed E-state index contributed by atoms with van der Waals surface area (Å²) < 4.78 is 0. The maximum absolute atomic E-state index is 12.0. The van der Waals surface area contributed by atoms with Crippen LogP contribution in [-0.2, 0) is 0 Å². The van der Waals surface area contributed by atoms with Gasteiger partial charge in [-0.25, -0.2) is 0 Å². The number of aryl methyl sites for hydroxylation is 1. The highest BCUT2D eigenvalue weighted by Gasteiger charge is 2.13. The quantitative estimate of drug-likeness (QED) is 0.707. The summed E-state index contributed by atoms with van der Waals surface area (Å²) in [6.07, 6.45) is 1.63. The van der Waals surface area contributed by atoms with Crippen molar-refractivity contribution in [1.29, 1.82) is 0 Å². The van der Waals surface area contributed by atoms with Crippen molar-refractivity contribution >= 4 is 5.91 Å². The van der Waals surface area contributed by atoms with E-state index in [0.29, 0.717) is 30.1 Å². The lowest BCUT2D eigenvalue weighted by molar-refractivity contribution is 0.0941. The summed E-state index contributed by atoms with van der Waals surface area (Å²) in [6.45, 7) is 6.62. The van der Waals surface area contributed by atoms with Crippen LogP contribution in [0.5, 0.6) is 0 Å². The van der Waals surface area contributed by atoms with Crippen molar-refractivity contribution < 1.29 is 9.90 Å². The second-order valence-corrected chi connectivity index (χ2v) is 5.63. The number of H-pyrrole nitrogens is 1. The SMILES string of the molecule is Cc1cc(C(=O)NCC(CCO)CC(C)C)cc(=O)[nH]1. The zero-order valence-corrected chi connectivity index (χ0v) is 12.4. The average molecular weight is 280 g/mol. The van der Waals surface area contributed by atoms with Gasteiger partial charge in [-0.1, -0.05) is 13.8 Å². The molecule has 5 heteroatoms. The van der Waals surface area contributed by atoms with Crippen molar-refractivity contribution in [3.8, 4) is 0 Å². The summed E-state index contributed by atoms with van der Waals surface area (Å²) in [5.74, 6) is 0.531. The molecule has 1 heterocycles. The third-order valence-corrected chi connectivity index (χ3v) is 3.13. The minimum atomic E-state index is -0.274. The first-order valence-corrected chi connectivity index (χ1v) is 7.02. The number of rotatable bonds is 7. The Labute approximate surface area is 119 Å². The van der Waals surface area contributed by atoms with Gasteiger partial charge in [0.2, 0.25) is 5.56 Å². The standard InChI is InChI=1S/C15H24N2O3/c1-10(2)6-12(4-5-18)9-16-15(20)13-7-11(3)17-14(19)8-13/h7-8,10,12,18H,4-6,9H2,1-3H3,(H,16,20)(H,17,19).